The molecule has 2 N–H and O–H groups in total. The predicted octanol–water partition coefficient (Wildman–Crippen LogP) is 3.85. The lowest BCUT2D eigenvalue weighted by molar-refractivity contribution is -0.118. The first kappa shape index (κ1) is 19.0. The highest BCUT2D eigenvalue weighted by Crippen LogP contribution is 2.34. The number of amides is 2. The SMILES string of the molecule is CC(C)C[C@@H](NC(=O)c1ccc(Cl)cc1)C(=O)Nc1ccc2c(c1)OCO2. The zero-order valence-corrected chi connectivity index (χ0v) is 15.9. The molecule has 0 bridgehead atoms. The van der Waals surface area contributed by atoms with E-state index in [2.05, 4.69) is 10.6 Å². The van der Waals surface area contributed by atoms with Gasteiger partial charge in [0.25, 0.3) is 5.91 Å². The van der Waals surface area contributed by atoms with Crippen molar-refractivity contribution in [2.75, 3.05) is 12.1 Å². The summed E-state index contributed by atoms with van der Waals surface area (Å²) in [5.41, 5.74) is 1.03. The van der Waals surface area contributed by atoms with Gasteiger partial charge in [0.05, 0.1) is 0 Å². The third-order valence-electron chi connectivity index (χ3n) is 4.08. The van der Waals surface area contributed by atoms with Gasteiger partial charge >= 0.3 is 0 Å². The van der Waals surface area contributed by atoms with Crippen LogP contribution in [0.15, 0.2) is 42.5 Å². The molecule has 27 heavy (non-hydrogen) atoms. The molecule has 0 saturated carbocycles. The van der Waals surface area contributed by atoms with E-state index in [-0.39, 0.29) is 24.5 Å². The van der Waals surface area contributed by atoms with E-state index in [1.165, 1.54) is 0 Å². The van der Waals surface area contributed by atoms with Crippen LogP contribution in [0.4, 0.5) is 5.69 Å². The smallest absolute Gasteiger partial charge is 0.251 e. The van der Waals surface area contributed by atoms with E-state index in [4.69, 9.17) is 21.1 Å². The maximum Gasteiger partial charge on any atom is 0.251 e. The Hall–Kier alpha value is -2.73. The number of rotatable bonds is 6. The number of carbonyl (C=O) groups is 2. The van der Waals surface area contributed by atoms with E-state index >= 15 is 0 Å². The highest BCUT2D eigenvalue weighted by molar-refractivity contribution is 6.30. The Morgan fingerprint density at radius 1 is 1.07 bits per heavy atom. The average Bonchev–Trinajstić information content (AvgIpc) is 3.09. The number of carbonyl (C=O) groups excluding carboxylic acids is 2. The molecule has 142 valence electrons. The van der Waals surface area contributed by atoms with Crippen molar-refractivity contribution >= 4 is 29.1 Å². The molecule has 1 heterocycles. The van der Waals surface area contributed by atoms with Gasteiger partial charge < -0.3 is 20.1 Å². The number of benzene rings is 2. The Balaban J connectivity index is 1.70. The molecule has 7 heteroatoms. The monoisotopic (exact) mass is 388 g/mol. The minimum Gasteiger partial charge on any atom is -0.454 e. The molecule has 1 atom stereocenters. The maximum atomic E-state index is 12.8. The van der Waals surface area contributed by atoms with Crippen LogP contribution in [0.1, 0.15) is 30.6 Å². The van der Waals surface area contributed by atoms with Crippen molar-refractivity contribution in [1.29, 1.82) is 0 Å². The van der Waals surface area contributed by atoms with Crippen molar-refractivity contribution in [2.24, 2.45) is 5.92 Å². The maximum absolute atomic E-state index is 12.8. The molecule has 0 fully saturated rings. The van der Waals surface area contributed by atoms with E-state index in [1.807, 2.05) is 13.8 Å². The summed E-state index contributed by atoms with van der Waals surface area (Å²) in [6, 6.07) is 11.0. The van der Waals surface area contributed by atoms with Crippen molar-refractivity contribution in [3.8, 4) is 11.5 Å². The highest BCUT2D eigenvalue weighted by Gasteiger charge is 2.23. The first-order valence-electron chi connectivity index (χ1n) is 8.69. The van der Waals surface area contributed by atoms with Gasteiger partial charge in [-0.05, 0) is 48.7 Å². The second-order valence-electron chi connectivity index (χ2n) is 6.72. The fraction of sp³-hybridized carbons (Fsp3) is 0.300. The molecule has 0 aliphatic carbocycles. The molecule has 2 amide bonds. The Morgan fingerprint density at radius 3 is 2.48 bits per heavy atom. The molecule has 0 spiro atoms. The third-order valence-corrected chi connectivity index (χ3v) is 4.33. The summed E-state index contributed by atoms with van der Waals surface area (Å²) in [5.74, 6) is 0.840. The van der Waals surface area contributed by atoms with E-state index in [1.54, 1.807) is 42.5 Å². The first-order chi connectivity index (χ1) is 12.9. The standard InChI is InChI=1S/C20H21ClN2O4/c1-12(2)9-16(23-19(24)13-3-5-14(21)6-4-13)20(25)22-15-7-8-17-18(10-15)27-11-26-17/h3-8,10,12,16H,9,11H2,1-2H3,(H,22,25)(H,23,24)/t16-/m1/s1. The van der Waals surface area contributed by atoms with Crippen molar-refractivity contribution in [3.63, 3.8) is 0 Å². The normalized spacial score (nSPS) is 13.3. The van der Waals surface area contributed by atoms with Crippen LogP contribution in [-0.2, 0) is 4.79 Å². The van der Waals surface area contributed by atoms with Crippen molar-refractivity contribution in [3.05, 3.63) is 53.1 Å². The fourth-order valence-electron chi connectivity index (χ4n) is 2.75. The van der Waals surface area contributed by atoms with Crippen LogP contribution < -0.4 is 20.1 Å². The van der Waals surface area contributed by atoms with Gasteiger partial charge in [-0.3, -0.25) is 9.59 Å². The van der Waals surface area contributed by atoms with Gasteiger partial charge in [-0.2, -0.15) is 0 Å². The minimum atomic E-state index is -0.668. The van der Waals surface area contributed by atoms with E-state index in [0.717, 1.165) is 0 Å². The summed E-state index contributed by atoms with van der Waals surface area (Å²) in [5, 5.41) is 6.19. The fourth-order valence-corrected chi connectivity index (χ4v) is 2.88. The van der Waals surface area contributed by atoms with Crippen LogP contribution in [0.2, 0.25) is 5.02 Å². The summed E-state index contributed by atoms with van der Waals surface area (Å²) in [4.78, 5) is 25.2. The lowest BCUT2D eigenvalue weighted by Crippen LogP contribution is -2.44. The van der Waals surface area contributed by atoms with Gasteiger partial charge in [0, 0.05) is 22.3 Å². The topological polar surface area (TPSA) is 76.7 Å². The summed E-state index contributed by atoms with van der Waals surface area (Å²) >= 11 is 5.86. The number of fused-ring (bicyclic) bond motifs is 1. The summed E-state index contributed by atoms with van der Waals surface area (Å²) in [7, 11) is 0. The van der Waals surface area contributed by atoms with Crippen molar-refractivity contribution in [1.82, 2.24) is 5.32 Å². The van der Waals surface area contributed by atoms with Crippen LogP contribution in [-0.4, -0.2) is 24.6 Å². The van der Waals surface area contributed by atoms with Crippen LogP contribution in [0, 0.1) is 5.92 Å². The highest BCUT2D eigenvalue weighted by atomic mass is 35.5. The average molecular weight is 389 g/mol. The second kappa shape index (κ2) is 8.31. The van der Waals surface area contributed by atoms with Crippen molar-refractivity contribution < 1.29 is 19.1 Å². The molecule has 1 aliphatic rings. The molecule has 0 radical (unpaired) electrons. The van der Waals surface area contributed by atoms with Crippen LogP contribution in [0.25, 0.3) is 0 Å². The molecule has 0 saturated heterocycles. The second-order valence-corrected chi connectivity index (χ2v) is 7.16. The number of halogens is 1. The molecule has 2 aromatic carbocycles. The van der Waals surface area contributed by atoms with Crippen LogP contribution in [0.5, 0.6) is 11.5 Å². The molecule has 0 unspecified atom stereocenters. The molecule has 2 aromatic rings. The quantitative estimate of drug-likeness (QED) is 0.788. The number of hydrogen-bond donors (Lipinski definition) is 2. The molecule has 6 nitrogen and oxygen atoms in total. The van der Waals surface area contributed by atoms with Crippen LogP contribution >= 0.6 is 11.6 Å². The Labute approximate surface area is 162 Å². The number of anilines is 1. The minimum absolute atomic E-state index is 0.167. The van der Waals surface area contributed by atoms with E-state index in [0.29, 0.717) is 34.2 Å². The Kier molecular flexibility index (Phi) is 5.86. The summed E-state index contributed by atoms with van der Waals surface area (Å²) in [6.45, 7) is 4.16. The van der Waals surface area contributed by atoms with Gasteiger partial charge in [-0.15, -0.1) is 0 Å². The molecular weight excluding hydrogens is 368 g/mol. The summed E-state index contributed by atoms with van der Waals surface area (Å²) < 4.78 is 10.6. The number of hydrogen-bond acceptors (Lipinski definition) is 4. The lowest BCUT2D eigenvalue weighted by Gasteiger charge is -2.20. The Bertz CT molecular complexity index is 836. The predicted molar refractivity (Wildman–Crippen MR) is 103 cm³/mol. The van der Waals surface area contributed by atoms with Gasteiger partial charge in [0.15, 0.2) is 11.5 Å². The van der Waals surface area contributed by atoms with Gasteiger partial charge in [0.2, 0.25) is 12.7 Å². The third kappa shape index (κ3) is 4.92. The van der Waals surface area contributed by atoms with Crippen molar-refractivity contribution in [2.45, 2.75) is 26.3 Å². The molecule has 3 rings (SSSR count). The number of nitrogens with one attached hydrogen (secondary N) is 2. The van der Waals surface area contributed by atoms with Crippen LogP contribution in [0.3, 0.4) is 0 Å². The largest absolute Gasteiger partial charge is 0.454 e. The molecule has 1 aliphatic heterocycles. The van der Waals surface area contributed by atoms with E-state index in [9.17, 15) is 9.59 Å². The summed E-state index contributed by atoms with van der Waals surface area (Å²) in [6.07, 6.45) is 0.510. The Morgan fingerprint density at radius 2 is 1.78 bits per heavy atom. The van der Waals surface area contributed by atoms with Gasteiger partial charge in [-0.25, -0.2) is 0 Å². The number of ether oxygens (including phenoxy) is 2. The molecular formula is C20H21ClN2O4. The van der Waals surface area contributed by atoms with Gasteiger partial charge in [-0.1, -0.05) is 25.4 Å². The molecule has 0 aromatic heterocycles. The van der Waals surface area contributed by atoms with E-state index < -0.39 is 6.04 Å². The zero-order valence-electron chi connectivity index (χ0n) is 15.1. The van der Waals surface area contributed by atoms with Gasteiger partial charge in [0.1, 0.15) is 6.04 Å². The zero-order chi connectivity index (χ0) is 19.4. The first-order valence-corrected chi connectivity index (χ1v) is 9.07. The lowest BCUT2D eigenvalue weighted by atomic mass is 10.0.